The maximum absolute atomic E-state index is 12.8. The molecule has 5 heteroatoms. The molecule has 2 aromatic carbocycles. The SMILES string of the molecule is COc1ccc2c(c1)C(=O)c1c(C(=O)O)ccc(OC)c1C2. The highest BCUT2D eigenvalue weighted by molar-refractivity contribution is 6.17. The summed E-state index contributed by atoms with van der Waals surface area (Å²) in [6, 6.07) is 8.24. The number of benzene rings is 2. The molecule has 0 radical (unpaired) electrons. The topological polar surface area (TPSA) is 72.8 Å². The Labute approximate surface area is 127 Å². The second-order valence-corrected chi connectivity index (χ2v) is 5.00. The van der Waals surface area contributed by atoms with Gasteiger partial charge in [-0.2, -0.15) is 0 Å². The molecule has 0 unspecified atom stereocenters. The molecular formula is C17H14O5. The molecule has 0 atom stereocenters. The van der Waals surface area contributed by atoms with Crippen molar-refractivity contribution in [2.24, 2.45) is 0 Å². The lowest BCUT2D eigenvalue weighted by molar-refractivity contribution is 0.0692. The van der Waals surface area contributed by atoms with E-state index in [0.29, 0.717) is 29.0 Å². The van der Waals surface area contributed by atoms with Crippen molar-refractivity contribution in [3.05, 3.63) is 58.1 Å². The predicted molar refractivity (Wildman–Crippen MR) is 79.2 cm³/mol. The molecule has 0 saturated carbocycles. The minimum Gasteiger partial charge on any atom is -0.497 e. The lowest BCUT2D eigenvalue weighted by atomic mass is 9.82. The summed E-state index contributed by atoms with van der Waals surface area (Å²) in [6.45, 7) is 0. The highest BCUT2D eigenvalue weighted by Gasteiger charge is 2.30. The minimum atomic E-state index is -1.13. The molecule has 2 aromatic rings. The smallest absolute Gasteiger partial charge is 0.336 e. The molecule has 0 aromatic heterocycles. The van der Waals surface area contributed by atoms with Gasteiger partial charge in [0.05, 0.1) is 19.8 Å². The van der Waals surface area contributed by atoms with Gasteiger partial charge in [-0.1, -0.05) is 6.07 Å². The zero-order valence-electron chi connectivity index (χ0n) is 12.2. The average Bonchev–Trinajstić information content (AvgIpc) is 2.53. The number of fused-ring (bicyclic) bond motifs is 2. The van der Waals surface area contributed by atoms with Gasteiger partial charge < -0.3 is 14.6 Å². The van der Waals surface area contributed by atoms with E-state index in [0.717, 1.165) is 5.56 Å². The Hall–Kier alpha value is -2.82. The quantitative estimate of drug-likeness (QED) is 0.804. The molecule has 0 heterocycles. The molecule has 1 N–H and O–H groups in total. The van der Waals surface area contributed by atoms with E-state index < -0.39 is 5.97 Å². The van der Waals surface area contributed by atoms with Crippen LogP contribution >= 0.6 is 0 Å². The summed E-state index contributed by atoms with van der Waals surface area (Å²) in [5.74, 6) is -0.352. The van der Waals surface area contributed by atoms with Crippen LogP contribution in [0, 0.1) is 0 Å². The summed E-state index contributed by atoms with van der Waals surface area (Å²) < 4.78 is 10.4. The van der Waals surface area contributed by atoms with Crippen molar-refractivity contribution >= 4 is 11.8 Å². The second kappa shape index (κ2) is 5.18. The molecule has 0 saturated heterocycles. The summed E-state index contributed by atoms with van der Waals surface area (Å²) in [5.41, 5.74) is 2.12. The van der Waals surface area contributed by atoms with Crippen LogP contribution in [-0.4, -0.2) is 31.1 Å². The molecule has 22 heavy (non-hydrogen) atoms. The van der Waals surface area contributed by atoms with Crippen LogP contribution in [0.5, 0.6) is 11.5 Å². The number of carbonyl (C=O) groups excluding carboxylic acids is 1. The highest BCUT2D eigenvalue weighted by atomic mass is 16.5. The highest BCUT2D eigenvalue weighted by Crippen LogP contribution is 2.36. The fourth-order valence-corrected chi connectivity index (χ4v) is 2.81. The normalized spacial score (nSPS) is 12.4. The van der Waals surface area contributed by atoms with Gasteiger partial charge >= 0.3 is 5.97 Å². The van der Waals surface area contributed by atoms with E-state index >= 15 is 0 Å². The summed E-state index contributed by atoms with van der Waals surface area (Å²) in [7, 11) is 3.03. The van der Waals surface area contributed by atoms with Crippen molar-refractivity contribution in [3.8, 4) is 11.5 Å². The summed E-state index contributed by atoms with van der Waals surface area (Å²) in [4.78, 5) is 24.2. The number of hydrogen-bond acceptors (Lipinski definition) is 4. The first-order chi connectivity index (χ1) is 10.6. The number of rotatable bonds is 3. The second-order valence-electron chi connectivity index (χ2n) is 5.00. The number of carbonyl (C=O) groups is 2. The van der Waals surface area contributed by atoms with Gasteiger partial charge in [0.15, 0.2) is 5.78 Å². The molecule has 1 aliphatic carbocycles. The number of ether oxygens (including phenoxy) is 2. The van der Waals surface area contributed by atoms with Crippen molar-refractivity contribution in [1.82, 2.24) is 0 Å². The number of hydrogen-bond donors (Lipinski definition) is 1. The Balaban J connectivity index is 2.26. The predicted octanol–water partition coefficient (Wildman–Crippen LogP) is 2.54. The van der Waals surface area contributed by atoms with Crippen LogP contribution in [0.2, 0.25) is 0 Å². The third-order valence-corrected chi connectivity index (χ3v) is 3.88. The van der Waals surface area contributed by atoms with Crippen molar-refractivity contribution in [2.75, 3.05) is 14.2 Å². The van der Waals surface area contributed by atoms with Crippen LogP contribution in [0.1, 0.15) is 37.4 Å². The lowest BCUT2D eigenvalue weighted by Gasteiger charge is -2.22. The number of carboxylic acid groups (broad SMARTS) is 1. The molecule has 0 fully saturated rings. The maximum atomic E-state index is 12.8. The minimum absolute atomic E-state index is 0.00531. The van der Waals surface area contributed by atoms with Gasteiger partial charge in [-0.25, -0.2) is 4.79 Å². The average molecular weight is 298 g/mol. The number of carboxylic acids is 1. The Kier molecular flexibility index (Phi) is 3.33. The van der Waals surface area contributed by atoms with E-state index in [9.17, 15) is 14.7 Å². The first-order valence-electron chi connectivity index (χ1n) is 6.71. The monoisotopic (exact) mass is 298 g/mol. The Morgan fingerprint density at radius 3 is 2.55 bits per heavy atom. The largest absolute Gasteiger partial charge is 0.497 e. The molecule has 112 valence electrons. The molecule has 0 aliphatic heterocycles. The van der Waals surface area contributed by atoms with E-state index in [2.05, 4.69) is 0 Å². The van der Waals surface area contributed by atoms with Crippen molar-refractivity contribution in [3.63, 3.8) is 0 Å². The van der Waals surface area contributed by atoms with Crippen molar-refractivity contribution in [2.45, 2.75) is 6.42 Å². The van der Waals surface area contributed by atoms with E-state index in [1.165, 1.54) is 20.3 Å². The van der Waals surface area contributed by atoms with Crippen LogP contribution in [-0.2, 0) is 6.42 Å². The molecule has 5 nitrogen and oxygen atoms in total. The Morgan fingerprint density at radius 2 is 1.91 bits per heavy atom. The van der Waals surface area contributed by atoms with Gasteiger partial charge in [0.2, 0.25) is 0 Å². The summed E-state index contributed by atoms with van der Waals surface area (Å²) in [5, 5.41) is 9.35. The van der Waals surface area contributed by atoms with Crippen molar-refractivity contribution < 1.29 is 24.2 Å². The van der Waals surface area contributed by atoms with Crippen LogP contribution in [0.15, 0.2) is 30.3 Å². The summed E-state index contributed by atoms with van der Waals surface area (Å²) in [6.07, 6.45) is 0.449. The van der Waals surface area contributed by atoms with Crippen LogP contribution in [0.4, 0.5) is 0 Å². The van der Waals surface area contributed by atoms with Gasteiger partial charge in [0.25, 0.3) is 0 Å². The zero-order chi connectivity index (χ0) is 15.9. The Morgan fingerprint density at radius 1 is 1.14 bits per heavy atom. The first-order valence-corrected chi connectivity index (χ1v) is 6.71. The van der Waals surface area contributed by atoms with E-state index in [4.69, 9.17) is 9.47 Å². The maximum Gasteiger partial charge on any atom is 0.336 e. The molecule has 3 rings (SSSR count). The van der Waals surface area contributed by atoms with Gasteiger partial charge in [-0.15, -0.1) is 0 Å². The van der Waals surface area contributed by atoms with Gasteiger partial charge in [0, 0.05) is 23.1 Å². The summed E-state index contributed by atoms with van der Waals surface area (Å²) >= 11 is 0. The number of methoxy groups -OCH3 is 2. The fourth-order valence-electron chi connectivity index (χ4n) is 2.81. The molecule has 0 spiro atoms. The van der Waals surface area contributed by atoms with Gasteiger partial charge in [-0.3, -0.25) is 4.79 Å². The molecular weight excluding hydrogens is 284 g/mol. The zero-order valence-corrected chi connectivity index (χ0v) is 12.2. The Bertz CT molecular complexity index is 792. The van der Waals surface area contributed by atoms with E-state index in [-0.39, 0.29) is 16.9 Å². The van der Waals surface area contributed by atoms with Crippen LogP contribution in [0.3, 0.4) is 0 Å². The number of ketones is 1. The van der Waals surface area contributed by atoms with Crippen molar-refractivity contribution in [1.29, 1.82) is 0 Å². The standard InChI is InChI=1S/C17H14O5/c1-21-10-4-3-9-7-13-14(22-2)6-5-11(17(19)20)15(13)16(18)12(9)8-10/h3-6,8H,7H2,1-2H3,(H,19,20). The van der Waals surface area contributed by atoms with Gasteiger partial charge in [0.1, 0.15) is 11.5 Å². The number of aromatic carboxylic acids is 1. The van der Waals surface area contributed by atoms with Crippen LogP contribution in [0.25, 0.3) is 0 Å². The molecule has 0 amide bonds. The first kappa shape index (κ1) is 14.1. The third-order valence-electron chi connectivity index (χ3n) is 3.88. The third kappa shape index (κ3) is 2.02. The molecule has 0 bridgehead atoms. The van der Waals surface area contributed by atoms with Gasteiger partial charge in [-0.05, 0) is 29.8 Å². The van der Waals surface area contributed by atoms with E-state index in [1.807, 2.05) is 6.07 Å². The molecule has 1 aliphatic rings. The lowest BCUT2D eigenvalue weighted by Crippen LogP contribution is -2.20. The fraction of sp³-hybridized carbons (Fsp3) is 0.176. The van der Waals surface area contributed by atoms with E-state index in [1.54, 1.807) is 18.2 Å². The van der Waals surface area contributed by atoms with Crippen LogP contribution < -0.4 is 9.47 Å².